The first-order valence-electron chi connectivity index (χ1n) is 5.29. The number of nitrogens with zero attached hydrogens (tertiary/aromatic N) is 1. The molecule has 0 aliphatic carbocycles. The van der Waals surface area contributed by atoms with Crippen LogP contribution in [0.15, 0.2) is 0 Å². The van der Waals surface area contributed by atoms with Crippen LogP contribution in [0.5, 0.6) is 0 Å². The minimum atomic E-state index is -4.12. The molecule has 0 fully saturated rings. The van der Waals surface area contributed by atoms with Crippen molar-refractivity contribution in [1.29, 1.82) is 0 Å². The van der Waals surface area contributed by atoms with E-state index in [-0.39, 0.29) is 5.92 Å². The van der Waals surface area contributed by atoms with Crippen molar-refractivity contribution >= 4 is 0 Å². The van der Waals surface area contributed by atoms with E-state index < -0.39 is 12.7 Å². The number of hydrogen-bond donors (Lipinski definition) is 1. The molecule has 0 aromatic carbocycles. The van der Waals surface area contributed by atoms with Crippen LogP contribution in [-0.2, 0) is 0 Å². The van der Waals surface area contributed by atoms with Crippen molar-refractivity contribution in [2.75, 3.05) is 26.2 Å². The maximum Gasteiger partial charge on any atom is 0.401 e. The molecule has 1 atom stereocenters. The van der Waals surface area contributed by atoms with Gasteiger partial charge in [0.1, 0.15) is 0 Å². The summed E-state index contributed by atoms with van der Waals surface area (Å²) < 4.78 is 36.5. The van der Waals surface area contributed by atoms with Gasteiger partial charge < -0.3 is 5.73 Å². The molecule has 0 saturated carbocycles. The molecule has 0 aliphatic rings. The highest BCUT2D eigenvalue weighted by Gasteiger charge is 2.31. The Bertz CT molecular complexity index is 169. The Hall–Kier alpha value is -0.290. The zero-order chi connectivity index (χ0) is 12.1. The van der Waals surface area contributed by atoms with Gasteiger partial charge in [0.05, 0.1) is 6.54 Å². The van der Waals surface area contributed by atoms with Gasteiger partial charge in [-0.1, -0.05) is 20.8 Å². The van der Waals surface area contributed by atoms with E-state index in [2.05, 4.69) is 0 Å². The summed E-state index contributed by atoms with van der Waals surface area (Å²) in [5.41, 5.74) is 5.53. The topological polar surface area (TPSA) is 29.3 Å². The van der Waals surface area contributed by atoms with Crippen molar-refractivity contribution in [3.63, 3.8) is 0 Å². The van der Waals surface area contributed by atoms with Crippen LogP contribution >= 0.6 is 0 Å². The Labute approximate surface area is 89.6 Å². The molecule has 2 nitrogen and oxygen atoms in total. The van der Waals surface area contributed by atoms with Crippen molar-refractivity contribution in [3.8, 4) is 0 Å². The van der Waals surface area contributed by atoms with E-state index in [0.717, 1.165) is 0 Å². The van der Waals surface area contributed by atoms with Crippen LogP contribution < -0.4 is 5.73 Å². The highest BCUT2D eigenvalue weighted by atomic mass is 19.4. The van der Waals surface area contributed by atoms with Crippen molar-refractivity contribution in [1.82, 2.24) is 4.90 Å². The van der Waals surface area contributed by atoms with E-state index in [0.29, 0.717) is 25.6 Å². The Morgan fingerprint density at radius 2 is 1.80 bits per heavy atom. The standard InChI is InChI=1S/C10H21F3N2/c1-4-15(7-10(11,12)13)6-9(5-14)8(2)3/h8-9H,4-7,14H2,1-3H3. The molecule has 0 heterocycles. The number of rotatable bonds is 6. The van der Waals surface area contributed by atoms with Crippen molar-refractivity contribution < 1.29 is 13.2 Å². The second kappa shape index (κ2) is 6.33. The lowest BCUT2D eigenvalue weighted by Crippen LogP contribution is -2.40. The normalized spacial score (nSPS) is 15.0. The smallest absolute Gasteiger partial charge is 0.330 e. The SMILES string of the molecule is CCN(CC(CN)C(C)C)CC(F)(F)F. The highest BCUT2D eigenvalue weighted by molar-refractivity contribution is 4.71. The predicted molar refractivity (Wildman–Crippen MR) is 55.6 cm³/mol. The summed E-state index contributed by atoms with van der Waals surface area (Å²) in [6.07, 6.45) is -4.12. The largest absolute Gasteiger partial charge is 0.401 e. The first-order valence-corrected chi connectivity index (χ1v) is 5.29. The summed E-state index contributed by atoms with van der Waals surface area (Å²) in [7, 11) is 0. The zero-order valence-corrected chi connectivity index (χ0v) is 9.64. The molecular formula is C10H21F3N2. The average molecular weight is 226 g/mol. The van der Waals surface area contributed by atoms with Crippen LogP contribution in [0, 0.1) is 11.8 Å². The minimum absolute atomic E-state index is 0.132. The van der Waals surface area contributed by atoms with Gasteiger partial charge in [0.2, 0.25) is 0 Å². The molecule has 0 aliphatic heterocycles. The second-order valence-electron chi connectivity index (χ2n) is 4.18. The van der Waals surface area contributed by atoms with E-state index in [1.807, 2.05) is 13.8 Å². The van der Waals surface area contributed by atoms with Crippen LogP contribution in [-0.4, -0.2) is 37.3 Å². The quantitative estimate of drug-likeness (QED) is 0.751. The summed E-state index contributed by atoms with van der Waals surface area (Å²) in [6.45, 7) is 6.13. The maximum atomic E-state index is 12.2. The molecule has 0 bridgehead atoms. The highest BCUT2D eigenvalue weighted by Crippen LogP contribution is 2.18. The van der Waals surface area contributed by atoms with Crippen molar-refractivity contribution in [3.05, 3.63) is 0 Å². The zero-order valence-electron chi connectivity index (χ0n) is 9.64. The van der Waals surface area contributed by atoms with Crippen molar-refractivity contribution in [2.24, 2.45) is 17.6 Å². The van der Waals surface area contributed by atoms with E-state index in [4.69, 9.17) is 5.73 Å². The molecule has 0 spiro atoms. The lowest BCUT2D eigenvalue weighted by atomic mass is 9.95. The van der Waals surface area contributed by atoms with Gasteiger partial charge in [-0.25, -0.2) is 0 Å². The minimum Gasteiger partial charge on any atom is -0.330 e. The molecule has 0 amide bonds. The van der Waals surface area contributed by atoms with E-state index in [9.17, 15) is 13.2 Å². The summed E-state index contributed by atoms with van der Waals surface area (Å²) in [5.74, 6) is 0.449. The maximum absolute atomic E-state index is 12.2. The molecule has 92 valence electrons. The monoisotopic (exact) mass is 226 g/mol. The van der Waals surface area contributed by atoms with Gasteiger partial charge >= 0.3 is 6.18 Å². The Balaban J connectivity index is 4.19. The fraction of sp³-hybridized carbons (Fsp3) is 1.00. The summed E-state index contributed by atoms with van der Waals surface area (Å²) >= 11 is 0. The molecule has 0 aromatic heterocycles. The molecule has 0 radical (unpaired) electrons. The third-order valence-electron chi connectivity index (χ3n) is 2.59. The lowest BCUT2D eigenvalue weighted by molar-refractivity contribution is -0.147. The summed E-state index contributed by atoms with van der Waals surface area (Å²) in [6, 6.07) is 0. The van der Waals surface area contributed by atoms with Gasteiger partial charge in [-0.2, -0.15) is 13.2 Å². The molecule has 0 rings (SSSR count). The third kappa shape index (κ3) is 6.73. The third-order valence-corrected chi connectivity index (χ3v) is 2.59. The molecular weight excluding hydrogens is 205 g/mol. The number of halogens is 3. The van der Waals surface area contributed by atoms with E-state index in [1.165, 1.54) is 4.90 Å². The van der Waals surface area contributed by atoms with E-state index in [1.54, 1.807) is 6.92 Å². The fourth-order valence-corrected chi connectivity index (χ4v) is 1.45. The fourth-order valence-electron chi connectivity index (χ4n) is 1.45. The van der Waals surface area contributed by atoms with Gasteiger partial charge in [-0.15, -0.1) is 0 Å². The second-order valence-corrected chi connectivity index (χ2v) is 4.18. The molecule has 1 unspecified atom stereocenters. The van der Waals surface area contributed by atoms with Crippen molar-refractivity contribution in [2.45, 2.75) is 26.9 Å². The summed E-state index contributed by atoms with van der Waals surface area (Å²) in [4.78, 5) is 1.40. The van der Waals surface area contributed by atoms with Gasteiger partial charge in [0.15, 0.2) is 0 Å². The Kier molecular flexibility index (Phi) is 6.20. The molecule has 2 N–H and O–H groups in total. The van der Waals surface area contributed by atoms with Crippen LogP contribution in [0.25, 0.3) is 0 Å². The van der Waals surface area contributed by atoms with Crippen LogP contribution in [0.2, 0.25) is 0 Å². The lowest BCUT2D eigenvalue weighted by Gasteiger charge is -2.28. The molecule has 0 saturated heterocycles. The van der Waals surface area contributed by atoms with Gasteiger partial charge in [0, 0.05) is 6.54 Å². The summed E-state index contributed by atoms with van der Waals surface area (Å²) in [5, 5.41) is 0. The van der Waals surface area contributed by atoms with Crippen LogP contribution in [0.3, 0.4) is 0 Å². The number of hydrogen-bond acceptors (Lipinski definition) is 2. The number of alkyl halides is 3. The van der Waals surface area contributed by atoms with Crippen LogP contribution in [0.4, 0.5) is 13.2 Å². The Morgan fingerprint density at radius 3 is 2.07 bits per heavy atom. The van der Waals surface area contributed by atoms with Gasteiger partial charge in [-0.3, -0.25) is 4.90 Å². The molecule has 0 aromatic rings. The molecule has 15 heavy (non-hydrogen) atoms. The van der Waals surface area contributed by atoms with Crippen LogP contribution in [0.1, 0.15) is 20.8 Å². The van der Waals surface area contributed by atoms with Gasteiger partial charge in [-0.05, 0) is 24.9 Å². The first kappa shape index (κ1) is 14.7. The van der Waals surface area contributed by atoms with Gasteiger partial charge in [0.25, 0.3) is 0 Å². The molecule has 5 heteroatoms. The first-order chi connectivity index (χ1) is 6.80. The van der Waals surface area contributed by atoms with E-state index >= 15 is 0 Å². The predicted octanol–water partition coefficient (Wildman–Crippen LogP) is 2.10. The average Bonchev–Trinajstić information content (AvgIpc) is 2.09. The number of nitrogens with two attached hydrogens (primary N) is 1. The Morgan fingerprint density at radius 1 is 1.27 bits per heavy atom.